The molecule has 4 N–H and O–H groups in total. The fourth-order valence-electron chi connectivity index (χ4n) is 2.30. The molecule has 7 nitrogen and oxygen atoms in total. The van der Waals surface area contributed by atoms with Crippen molar-refractivity contribution in [2.24, 2.45) is 10.7 Å². The summed E-state index contributed by atoms with van der Waals surface area (Å²) in [5.41, 5.74) is 6.06. The monoisotopic (exact) mass is 316 g/mol. The number of amides is 1. The van der Waals surface area contributed by atoms with Gasteiger partial charge in [-0.05, 0) is 38.8 Å². The Balaban J connectivity index is 0.00000400. The third kappa shape index (κ3) is 8.50. The van der Waals surface area contributed by atoms with Gasteiger partial charge >= 0.3 is 0 Å². The van der Waals surface area contributed by atoms with E-state index in [0.29, 0.717) is 6.42 Å². The zero-order valence-corrected chi connectivity index (χ0v) is 13.3. The molecule has 1 atom stereocenters. The molecule has 0 aromatic heterocycles. The number of nitriles is 1. The third-order valence-electron chi connectivity index (χ3n) is 3.33. The first-order chi connectivity index (χ1) is 9.65. The van der Waals surface area contributed by atoms with Crippen molar-refractivity contribution >= 4 is 24.3 Å². The van der Waals surface area contributed by atoms with Crippen molar-refractivity contribution in [3.63, 3.8) is 0 Å². The fourth-order valence-corrected chi connectivity index (χ4v) is 2.30. The Morgan fingerprint density at radius 3 is 2.71 bits per heavy atom. The van der Waals surface area contributed by atoms with Crippen LogP contribution in [0, 0.1) is 11.5 Å². The van der Waals surface area contributed by atoms with Gasteiger partial charge in [-0.25, -0.2) is 0 Å². The molecule has 21 heavy (non-hydrogen) atoms. The predicted octanol–water partition coefficient (Wildman–Crippen LogP) is 0.174. The van der Waals surface area contributed by atoms with Crippen LogP contribution in [-0.4, -0.2) is 49.5 Å². The van der Waals surface area contributed by atoms with Crippen LogP contribution in [0.3, 0.4) is 0 Å². The van der Waals surface area contributed by atoms with Crippen molar-refractivity contribution < 1.29 is 4.79 Å². The van der Waals surface area contributed by atoms with E-state index in [9.17, 15) is 4.79 Å². The van der Waals surface area contributed by atoms with E-state index in [2.05, 4.69) is 20.5 Å². The van der Waals surface area contributed by atoms with Crippen molar-refractivity contribution in [2.45, 2.75) is 38.1 Å². The lowest BCUT2D eigenvalue weighted by atomic mass is 10.1. The zero-order chi connectivity index (χ0) is 14.8. The summed E-state index contributed by atoms with van der Waals surface area (Å²) in [4.78, 5) is 17.4. The highest BCUT2D eigenvalue weighted by atomic mass is 35.5. The summed E-state index contributed by atoms with van der Waals surface area (Å²) < 4.78 is 0. The molecule has 1 fully saturated rings. The van der Waals surface area contributed by atoms with Gasteiger partial charge in [-0.3, -0.25) is 10.1 Å². The molecule has 1 heterocycles. The van der Waals surface area contributed by atoms with E-state index in [-0.39, 0.29) is 30.3 Å². The summed E-state index contributed by atoms with van der Waals surface area (Å²) in [5, 5.41) is 13.6. The molecule has 0 aromatic rings. The molecular formula is C13H25ClN6O. The third-order valence-corrected chi connectivity index (χ3v) is 3.33. The van der Waals surface area contributed by atoms with Gasteiger partial charge in [0.2, 0.25) is 18.1 Å². The van der Waals surface area contributed by atoms with Gasteiger partial charge in [-0.2, -0.15) is 5.26 Å². The van der Waals surface area contributed by atoms with Gasteiger partial charge in [-0.15, -0.1) is 17.4 Å². The number of nitrogens with one attached hydrogen (secondary N) is 2. The van der Waals surface area contributed by atoms with E-state index >= 15 is 0 Å². The Morgan fingerprint density at radius 1 is 1.48 bits per heavy atom. The van der Waals surface area contributed by atoms with Gasteiger partial charge in [0, 0.05) is 26.1 Å². The molecule has 1 aliphatic rings. The second kappa shape index (κ2) is 11.3. The quantitative estimate of drug-likeness (QED) is 0.368. The largest absolute Gasteiger partial charge is 0.358 e. The van der Waals surface area contributed by atoms with Gasteiger partial charge in [0.15, 0.2) is 0 Å². The topological polar surface area (TPSA) is 107 Å². The first kappa shape index (κ1) is 19.6. The maximum absolute atomic E-state index is 11.6. The molecule has 1 aliphatic heterocycles. The number of hydrogen-bond acceptors (Lipinski definition) is 5. The maximum atomic E-state index is 11.6. The number of nitrogens with two attached hydrogens (primary N) is 1. The van der Waals surface area contributed by atoms with Crippen LogP contribution in [0.15, 0.2) is 4.99 Å². The van der Waals surface area contributed by atoms with E-state index in [1.54, 1.807) is 13.2 Å². The zero-order valence-electron chi connectivity index (χ0n) is 12.5. The second-order valence-corrected chi connectivity index (χ2v) is 5.02. The van der Waals surface area contributed by atoms with Crippen LogP contribution < -0.4 is 16.4 Å². The fraction of sp³-hybridized carbons (Fsp3) is 0.769. The lowest BCUT2D eigenvalue weighted by molar-refractivity contribution is -0.119. The number of nitrogens with zero attached hydrogens (tertiary/aromatic N) is 3. The number of guanidine groups is 1. The summed E-state index contributed by atoms with van der Waals surface area (Å²) in [6.45, 7) is 3.20. The molecule has 0 aromatic carbocycles. The molecule has 1 rings (SSSR count). The van der Waals surface area contributed by atoms with Gasteiger partial charge in [0.25, 0.3) is 0 Å². The maximum Gasteiger partial charge on any atom is 0.226 e. The van der Waals surface area contributed by atoms with Crippen molar-refractivity contribution in [3.05, 3.63) is 0 Å². The molecule has 8 heteroatoms. The highest BCUT2D eigenvalue weighted by Crippen LogP contribution is 2.09. The minimum Gasteiger partial charge on any atom is -0.358 e. The Kier molecular flexibility index (Phi) is 10.6. The number of hydrogen-bond donors (Lipinski definition) is 3. The minimum atomic E-state index is -0.151. The Hall–Kier alpha value is -1.36. The van der Waals surface area contributed by atoms with Crippen LogP contribution in [0.4, 0.5) is 0 Å². The van der Waals surface area contributed by atoms with Gasteiger partial charge in [-0.1, -0.05) is 0 Å². The molecule has 0 unspecified atom stereocenters. The van der Waals surface area contributed by atoms with Crippen LogP contribution in [0.5, 0.6) is 0 Å². The normalized spacial score (nSPS) is 16.7. The molecule has 0 radical (unpaired) electrons. The standard InChI is InChI=1S/C13H24N6O.ClH/c1-16-13(17-10-14)18-12(20)6-4-5-11(15)9-19-7-2-3-8-19;/h11H,2-9,15H2,1H3,(H2,16,17,18,20);1H/t11-;/m0./s1. The highest BCUT2D eigenvalue weighted by molar-refractivity contribution is 5.97. The van der Waals surface area contributed by atoms with Crippen LogP contribution in [0.25, 0.3) is 0 Å². The Labute approximate surface area is 132 Å². The number of rotatable bonds is 6. The van der Waals surface area contributed by atoms with Crippen LogP contribution in [0.1, 0.15) is 32.1 Å². The van der Waals surface area contributed by atoms with Crippen LogP contribution >= 0.6 is 12.4 Å². The predicted molar refractivity (Wildman–Crippen MR) is 85.0 cm³/mol. The molecule has 1 saturated heterocycles. The molecule has 0 spiro atoms. The second-order valence-electron chi connectivity index (χ2n) is 5.02. The summed E-state index contributed by atoms with van der Waals surface area (Å²) >= 11 is 0. The summed E-state index contributed by atoms with van der Waals surface area (Å²) in [6, 6.07) is 0.123. The van der Waals surface area contributed by atoms with Crippen molar-refractivity contribution in [1.29, 1.82) is 5.26 Å². The first-order valence-electron chi connectivity index (χ1n) is 7.08. The van der Waals surface area contributed by atoms with E-state index in [0.717, 1.165) is 32.5 Å². The number of halogens is 1. The molecule has 0 saturated carbocycles. The highest BCUT2D eigenvalue weighted by Gasteiger charge is 2.15. The smallest absolute Gasteiger partial charge is 0.226 e. The van der Waals surface area contributed by atoms with Crippen molar-refractivity contribution in [3.8, 4) is 6.19 Å². The van der Waals surface area contributed by atoms with Crippen LogP contribution in [-0.2, 0) is 4.79 Å². The lowest BCUT2D eigenvalue weighted by Crippen LogP contribution is -2.39. The Bertz CT molecular complexity index is 375. The van der Waals surface area contributed by atoms with Crippen LogP contribution in [0.2, 0.25) is 0 Å². The Morgan fingerprint density at radius 2 is 2.14 bits per heavy atom. The lowest BCUT2D eigenvalue weighted by Gasteiger charge is -2.19. The summed E-state index contributed by atoms with van der Waals surface area (Å²) in [5.74, 6) is 0.0283. The van der Waals surface area contributed by atoms with E-state index in [4.69, 9.17) is 11.0 Å². The average molecular weight is 317 g/mol. The summed E-state index contributed by atoms with van der Waals surface area (Å²) in [6.07, 6.45) is 6.11. The first-order valence-corrected chi connectivity index (χ1v) is 7.08. The van der Waals surface area contributed by atoms with Gasteiger partial charge < -0.3 is 16.0 Å². The number of likely N-dealkylation sites (tertiary alicyclic amines) is 1. The van der Waals surface area contributed by atoms with Crippen molar-refractivity contribution in [1.82, 2.24) is 15.5 Å². The summed E-state index contributed by atoms with van der Waals surface area (Å²) in [7, 11) is 1.60. The number of carbonyl (C=O) groups excluding carboxylic acids is 1. The number of aliphatic imine (C=N–C) groups is 1. The van der Waals surface area contributed by atoms with Crippen molar-refractivity contribution in [2.75, 3.05) is 26.7 Å². The number of carbonyl (C=O) groups is 1. The van der Waals surface area contributed by atoms with Gasteiger partial charge in [0.05, 0.1) is 0 Å². The molecular weight excluding hydrogens is 292 g/mol. The molecule has 120 valence electrons. The molecule has 1 amide bonds. The van der Waals surface area contributed by atoms with E-state index in [1.165, 1.54) is 12.8 Å². The molecule has 0 bridgehead atoms. The van der Waals surface area contributed by atoms with E-state index < -0.39 is 0 Å². The van der Waals surface area contributed by atoms with E-state index in [1.807, 2.05) is 0 Å². The minimum absolute atomic E-state index is 0. The van der Waals surface area contributed by atoms with Gasteiger partial charge in [0.1, 0.15) is 0 Å². The SMILES string of the molecule is CN/C(=N/C#N)NC(=O)CCC[C@H](N)CN1CCCC1.Cl. The average Bonchev–Trinajstić information content (AvgIpc) is 2.91. The molecule has 0 aliphatic carbocycles.